The molecule has 2 heterocycles. The summed E-state index contributed by atoms with van der Waals surface area (Å²) >= 11 is 0. The molecule has 1 unspecified atom stereocenters. The fourth-order valence-electron chi connectivity index (χ4n) is 2.31. The summed E-state index contributed by atoms with van der Waals surface area (Å²) in [6, 6.07) is 13.3. The van der Waals surface area contributed by atoms with E-state index in [1.54, 1.807) is 38.3 Å². The summed E-state index contributed by atoms with van der Waals surface area (Å²) in [4.78, 5) is 18.1. The third kappa shape index (κ3) is 3.52. The lowest BCUT2D eigenvalue weighted by Gasteiger charge is -2.19. The quantitative estimate of drug-likeness (QED) is 0.849. The molecule has 0 spiro atoms. The van der Waals surface area contributed by atoms with E-state index in [1.807, 2.05) is 36.4 Å². The second kappa shape index (κ2) is 6.40. The topological polar surface area (TPSA) is 51.9 Å². The van der Waals surface area contributed by atoms with Crippen LogP contribution in [0.3, 0.4) is 0 Å². The van der Waals surface area contributed by atoms with Gasteiger partial charge in [-0.2, -0.15) is 5.06 Å². The summed E-state index contributed by atoms with van der Waals surface area (Å²) in [5, 5.41) is 1.28. The molecule has 0 saturated carbocycles. The molecule has 5 nitrogen and oxygen atoms in total. The highest BCUT2D eigenvalue weighted by atomic mass is 16.7. The molecule has 0 radical (unpaired) electrons. The minimum atomic E-state index is -0.922. The first-order valence-corrected chi connectivity index (χ1v) is 7.46. The zero-order chi connectivity index (χ0) is 16.3. The van der Waals surface area contributed by atoms with Crippen molar-refractivity contribution < 1.29 is 18.8 Å². The summed E-state index contributed by atoms with van der Waals surface area (Å²) < 4.78 is 11.0. The normalized spacial score (nSPS) is 20.5. The standard InChI is InChI=1S/C18H19NO4/c1-18(2)17(20)19(22-13-14-7-4-3-5-8-14)16(23-18)11-10-15-9-6-12-21-15/h3-12,16H,13H2,1-2H3. The third-order valence-electron chi connectivity index (χ3n) is 3.54. The summed E-state index contributed by atoms with van der Waals surface area (Å²) in [7, 11) is 0. The van der Waals surface area contributed by atoms with Crippen LogP contribution in [0.15, 0.2) is 59.2 Å². The number of nitrogens with zero attached hydrogens (tertiary/aromatic N) is 1. The van der Waals surface area contributed by atoms with E-state index in [0.29, 0.717) is 12.4 Å². The van der Waals surface area contributed by atoms with E-state index in [1.165, 1.54) is 5.06 Å². The maximum atomic E-state index is 12.4. The van der Waals surface area contributed by atoms with E-state index >= 15 is 0 Å². The molecule has 1 aromatic carbocycles. The molecule has 1 aliphatic heterocycles. The number of hydrogen-bond donors (Lipinski definition) is 0. The molecule has 2 aromatic rings. The van der Waals surface area contributed by atoms with Crippen LogP contribution >= 0.6 is 0 Å². The van der Waals surface area contributed by atoms with Gasteiger partial charge in [0.15, 0.2) is 6.23 Å². The van der Waals surface area contributed by atoms with Crippen LogP contribution in [0, 0.1) is 0 Å². The smallest absolute Gasteiger partial charge is 0.280 e. The molecule has 0 aliphatic carbocycles. The first kappa shape index (κ1) is 15.5. The highest BCUT2D eigenvalue weighted by Crippen LogP contribution is 2.29. The number of benzene rings is 1. The largest absolute Gasteiger partial charge is 0.465 e. The van der Waals surface area contributed by atoms with Gasteiger partial charge in [0.25, 0.3) is 5.91 Å². The Labute approximate surface area is 135 Å². The minimum Gasteiger partial charge on any atom is -0.465 e. The number of carbonyl (C=O) groups is 1. The molecule has 1 aliphatic rings. The van der Waals surface area contributed by atoms with Gasteiger partial charge in [-0.05, 0) is 43.7 Å². The van der Waals surface area contributed by atoms with Crippen molar-refractivity contribution in [1.29, 1.82) is 0 Å². The average Bonchev–Trinajstić information content (AvgIpc) is 3.13. The molecule has 120 valence electrons. The van der Waals surface area contributed by atoms with Gasteiger partial charge >= 0.3 is 0 Å². The number of hydrogen-bond acceptors (Lipinski definition) is 4. The van der Waals surface area contributed by atoms with Gasteiger partial charge in [-0.15, -0.1) is 0 Å². The van der Waals surface area contributed by atoms with Crippen molar-refractivity contribution in [3.63, 3.8) is 0 Å². The van der Waals surface area contributed by atoms with Crippen LogP contribution < -0.4 is 0 Å². The number of hydroxylamine groups is 2. The Bertz CT molecular complexity index is 676. The lowest BCUT2D eigenvalue weighted by molar-refractivity contribution is -0.204. The van der Waals surface area contributed by atoms with Gasteiger partial charge in [-0.1, -0.05) is 30.3 Å². The number of ether oxygens (including phenoxy) is 1. The average molecular weight is 313 g/mol. The molecular formula is C18H19NO4. The van der Waals surface area contributed by atoms with Crippen molar-refractivity contribution in [2.45, 2.75) is 32.3 Å². The summed E-state index contributed by atoms with van der Waals surface area (Å²) in [5.74, 6) is 0.483. The van der Waals surface area contributed by atoms with Gasteiger partial charge in [0.1, 0.15) is 18.0 Å². The molecule has 0 bridgehead atoms. The molecule has 5 heteroatoms. The first-order chi connectivity index (χ1) is 11.1. The number of amides is 1. The van der Waals surface area contributed by atoms with Crippen molar-refractivity contribution in [3.8, 4) is 0 Å². The summed E-state index contributed by atoms with van der Waals surface area (Å²) in [6.07, 6.45) is 4.51. The Morgan fingerprint density at radius 3 is 2.70 bits per heavy atom. The second-order valence-corrected chi connectivity index (χ2v) is 5.78. The fraction of sp³-hybridized carbons (Fsp3) is 0.278. The number of furan rings is 1. The molecule has 1 aromatic heterocycles. The van der Waals surface area contributed by atoms with Crippen LogP contribution in [0.4, 0.5) is 0 Å². The number of rotatable bonds is 5. The Morgan fingerprint density at radius 1 is 1.22 bits per heavy atom. The molecule has 1 saturated heterocycles. The molecule has 1 fully saturated rings. The van der Waals surface area contributed by atoms with Gasteiger partial charge < -0.3 is 9.15 Å². The lowest BCUT2D eigenvalue weighted by Crippen LogP contribution is -2.37. The lowest BCUT2D eigenvalue weighted by atomic mass is 10.1. The predicted molar refractivity (Wildman–Crippen MR) is 84.8 cm³/mol. The summed E-state index contributed by atoms with van der Waals surface area (Å²) in [6.45, 7) is 3.76. The monoisotopic (exact) mass is 313 g/mol. The van der Waals surface area contributed by atoms with Crippen molar-refractivity contribution in [2.75, 3.05) is 0 Å². The summed E-state index contributed by atoms with van der Waals surface area (Å²) in [5.41, 5.74) is 0.0632. The zero-order valence-electron chi connectivity index (χ0n) is 13.1. The molecule has 1 atom stereocenters. The van der Waals surface area contributed by atoms with Crippen LogP contribution in [0.2, 0.25) is 0 Å². The third-order valence-corrected chi connectivity index (χ3v) is 3.54. The molecular weight excluding hydrogens is 294 g/mol. The van der Waals surface area contributed by atoms with Gasteiger partial charge in [-0.25, -0.2) is 0 Å². The van der Waals surface area contributed by atoms with Gasteiger partial charge in [0.2, 0.25) is 0 Å². The maximum absolute atomic E-state index is 12.4. The van der Waals surface area contributed by atoms with E-state index in [4.69, 9.17) is 14.0 Å². The van der Waals surface area contributed by atoms with Gasteiger partial charge in [-0.3, -0.25) is 9.63 Å². The zero-order valence-corrected chi connectivity index (χ0v) is 13.1. The van der Waals surface area contributed by atoms with Gasteiger partial charge in [0.05, 0.1) is 6.26 Å². The van der Waals surface area contributed by atoms with Gasteiger partial charge in [0, 0.05) is 0 Å². The Kier molecular flexibility index (Phi) is 4.32. The Balaban J connectivity index is 1.72. The molecule has 23 heavy (non-hydrogen) atoms. The Hall–Kier alpha value is -2.37. The van der Waals surface area contributed by atoms with Crippen LogP contribution in [-0.4, -0.2) is 22.8 Å². The highest BCUT2D eigenvalue weighted by Gasteiger charge is 2.46. The second-order valence-electron chi connectivity index (χ2n) is 5.78. The predicted octanol–water partition coefficient (Wildman–Crippen LogP) is 3.39. The highest BCUT2D eigenvalue weighted by molar-refractivity contribution is 5.85. The van der Waals surface area contributed by atoms with E-state index < -0.39 is 11.8 Å². The minimum absolute atomic E-state index is 0.206. The van der Waals surface area contributed by atoms with Crippen molar-refractivity contribution in [2.24, 2.45) is 0 Å². The van der Waals surface area contributed by atoms with E-state index in [-0.39, 0.29) is 5.91 Å². The number of carbonyl (C=O) groups excluding carboxylic acids is 1. The van der Waals surface area contributed by atoms with Crippen LogP contribution in [-0.2, 0) is 21.0 Å². The van der Waals surface area contributed by atoms with Crippen molar-refractivity contribution >= 4 is 12.0 Å². The maximum Gasteiger partial charge on any atom is 0.280 e. The van der Waals surface area contributed by atoms with Crippen LogP contribution in [0.25, 0.3) is 6.08 Å². The van der Waals surface area contributed by atoms with Crippen LogP contribution in [0.5, 0.6) is 0 Å². The first-order valence-electron chi connectivity index (χ1n) is 7.46. The van der Waals surface area contributed by atoms with E-state index in [9.17, 15) is 4.79 Å². The van der Waals surface area contributed by atoms with E-state index in [0.717, 1.165) is 5.56 Å². The SMILES string of the molecule is CC1(C)OC(C=Cc2ccco2)N(OCc2ccccc2)C1=O. The molecule has 0 N–H and O–H groups in total. The fourth-order valence-corrected chi connectivity index (χ4v) is 2.31. The van der Waals surface area contributed by atoms with Crippen molar-refractivity contribution in [1.82, 2.24) is 5.06 Å². The Morgan fingerprint density at radius 2 is 2.00 bits per heavy atom. The molecule has 3 rings (SSSR count). The molecule has 1 amide bonds. The van der Waals surface area contributed by atoms with Crippen molar-refractivity contribution in [3.05, 3.63) is 66.1 Å². The van der Waals surface area contributed by atoms with Crippen LogP contribution in [0.1, 0.15) is 25.2 Å². The van der Waals surface area contributed by atoms with E-state index in [2.05, 4.69) is 0 Å².